The molecule has 0 radical (unpaired) electrons. The molecule has 2 fully saturated rings. The number of rotatable bonds is 6. The number of carbonyl (C=O) groups excluding carboxylic acids is 1. The third-order valence-electron chi connectivity index (χ3n) is 8.00. The lowest BCUT2D eigenvalue weighted by atomic mass is 9.99. The number of aryl methyl sites for hydroxylation is 2. The Hall–Kier alpha value is -3.85. The van der Waals surface area contributed by atoms with Crippen molar-refractivity contribution in [3.8, 4) is 5.75 Å². The monoisotopic (exact) mass is 530 g/mol. The minimum absolute atomic E-state index is 0.0232. The lowest BCUT2D eigenvalue weighted by Gasteiger charge is -2.42. The van der Waals surface area contributed by atoms with Crippen molar-refractivity contribution in [1.29, 1.82) is 0 Å². The summed E-state index contributed by atoms with van der Waals surface area (Å²) in [4.78, 5) is 29.1. The van der Waals surface area contributed by atoms with E-state index in [0.717, 1.165) is 54.3 Å². The highest BCUT2D eigenvalue weighted by molar-refractivity contribution is 5.98. The Bertz CT molecular complexity index is 1310. The topological polar surface area (TPSA) is 105 Å². The Morgan fingerprint density at radius 2 is 1.74 bits per heavy atom. The second-order valence-electron chi connectivity index (χ2n) is 10.5. The Balaban J connectivity index is 1.30. The van der Waals surface area contributed by atoms with E-state index in [1.807, 2.05) is 56.0 Å². The number of amides is 1. The predicted molar refractivity (Wildman–Crippen MR) is 154 cm³/mol. The number of aliphatic hydroxyl groups is 1. The molecule has 0 saturated carbocycles. The smallest absolute Gasteiger partial charge is 0.256 e. The molecule has 3 N–H and O–H groups in total. The van der Waals surface area contributed by atoms with Crippen LogP contribution in [0.5, 0.6) is 5.75 Å². The summed E-state index contributed by atoms with van der Waals surface area (Å²) in [6.07, 6.45) is 3.46. The van der Waals surface area contributed by atoms with Crippen molar-refractivity contribution in [3.05, 3.63) is 71.2 Å². The summed E-state index contributed by atoms with van der Waals surface area (Å²) >= 11 is 0. The highest BCUT2D eigenvalue weighted by Gasteiger charge is 2.32. The molecule has 2 aliphatic rings. The van der Waals surface area contributed by atoms with Crippen LogP contribution in [0.3, 0.4) is 0 Å². The zero-order chi connectivity index (χ0) is 27.5. The van der Waals surface area contributed by atoms with Crippen LogP contribution in [0, 0.1) is 20.8 Å². The van der Waals surface area contributed by atoms with E-state index < -0.39 is 0 Å². The second kappa shape index (κ2) is 11.5. The van der Waals surface area contributed by atoms with E-state index >= 15 is 0 Å². The van der Waals surface area contributed by atoms with Crippen molar-refractivity contribution in [3.63, 3.8) is 0 Å². The molecule has 2 aliphatic heterocycles. The highest BCUT2D eigenvalue weighted by Crippen LogP contribution is 2.31. The molecule has 0 aliphatic carbocycles. The molecule has 3 aromatic rings. The van der Waals surface area contributed by atoms with Crippen molar-refractivity contribution in [2.45, 2.75) is 45.7 Å². The number of aromatic hydroxyl groups is 1. The molecule has 1 aromatic carbocycles. The summed E-state index contributed by atoms with van der Waals surface area (Å²) < 4.78 is 0. The van der Waals surface area contributed by atoms with Gasteiger partial charge in [0, 0.05) is 50.6 Å². The van der Waals surface area contributed by atoms with Gasteiger partial charge in [0.1, 0.15) is 0 Å². The van der Waals surface area contributed by atoms with Crippen LogP contribution in [-0.4, -0.2) is 82.4 Å². The van der Waals surface area contributed by atoms with Crippen LogP contribution in [0.25, 0.3) is 0 Å². The maximum absolute atomic E-state index is 13.9. The number of benzene rings is 1. The SMILES string of the molecule is Cc1nc(C)c(C(=O)N2CCN(c3ccccc3)[C@H](CO)C2)c(C)c1NC1CCN(c2ncccc2O)CC1. The van der Waals surface area contributed by atoms with E-state index in [0.29, 0.717) is 31.0 Å². The average molecular weight is 531 g/mol. The largest absolute Gasteiger partial charge is 0.504 e. The minimum atomic E-state index is -0.162. The fourth-order valence-electron chi connectivity index (χ4n) is 5.94. The molecule has 2 saturated heterocycles. The van der Waals surface area contributed by atoms with Crippen molar-refractivity contribution in [2.24, 2.45) is 0 Å². The van der Waals surface area contributed by atoms with Crippen molar-refractivity contribution in [1.82, 2.24) is 14.9 Å². The number of nitrogens with one attached hydrogen (secondary N) is 1. The van der Waals surface area contributed by atoms with Crippen LogP contribution in [0.4, 0.5) is 17.2 Å². The molecule has 1 atom stereocenters. The molecule has 206 valence electrons. The van der Waals surface area contributed by atoms with Gasteiger partial charge in [0.2, 0.25) is 0 Å². The zero-order valence-corrected chi connectivity index (χ0v) is 23.0. The van der Waals surface area contributed by atoms with E-state index in [1.54, 1.807) is 18.3 Å². The van der Waals surface area contributed by atoms with Crippen LogP contribution in [0.15, 0.2) is 48.7 Å². The summed E-state index contributed by atoms with van der Waals surface area (Å²) in [5, 5.41) is 24.0. The van der Waals surface area contributed by atoms with Crippen LogP contribution >= 0.6 is 0 Å². The Morgan fingerprint density at radius 1 is 1.00 bits per heavy atom. The average Bonchev–Trinajstić information content (AvgIpc) is 2.96. The van der Waals surface area contributed by atoms with E-state index in [1.165, 1.54) is 0 Å². The van der Waals surface area contributed by atoms with E-state index in [9.17, 15) is 15.0 Å². The molecule has 4 heterocycles. The van der Waals surface area contributed by atoms with E-state index in [4.69, 9.17) is 4.98 Å². The number of para-hydroxylation sites is 1. The van der Waals surface area contributed by atoms with Gasteiger partial charge in [-0.3, -0.25) is 9.78 Å². The number of hydrogen-bond donors (Lipinski definition) is 3. The van der Waals surface area contributed by atoms with Crippen LogP contribution in [0.1, 0.15) is 40.2 Å². The lowest BCUT2D eigenvalue weighted by Crippen LogP contribution is -2.56. The van der Waals surface area contributed by atoms with Crippen molar-refractivity contribution >= 4 is 23.1 Å². The number of hydrogen-bond acceptors (Lipinski definition) is 8. The van der Waals surface area contributed by atoms with Gasteiger partial charge in [0.05, 0.1) is 35.3 Å². The second-order valence-corrected chi connectivity index (χ2v) is 10.5. The summed E-state index contributed by atoms with van der Waals surface area (Å²) in [5.41, 5.74) is 5.15. The van der Waals surface area contributed by atoms with Gasteiger partial charge < -0.3 is 30.2 Å². The number of aliphatic hydroxyl groups excluding tert-OH is 1. The predicted octanol–water partition coefficient (Wildman–Crippen LogP) is 3.51. The molecule has 0 spiro atoms. The summed E-state index contributed by atoms with van der Waals surface area (Å²) in [5.74, 6) is 0.795. The molecule has 0 bridgehead atoms. The zero-order valence-electron chi connectivity index (χ0n) is 23.0. The van der Waals surface area contributed by atoms with Gasteiger partial charge in [-0.05, 0) is 63.4 Å². The Kier molecular flexibility index (Phi) is 7.88. The minimum Gasteiger partial charge on any atom is -0.504 e. The first-order valence-electron chi connectivity index (χ1n) is 13.7. The number of piperazine rings is 1. The van der Waals surface area contributed by atoms with Crippen LogP contribution in [-0.2, 0) is 0 Å². The van der Waals surface area contributed by atoms with Crippen LogP contribution < -0.4 is 15.1 Å². The maximum Gasteiger partial charge on any atom is 0.256 e. The van der Waals surface area contributed by atoms with Crippen molar-refractivity contribution < 1.29 is 15.0 Å². The third kappa shape index (κ3) is 5.49. The molecule has 9 heteroatoms. The van der Waals surface area contributed by atoms with Gasteiger partial charge in [-0.1, -0.05) is 18.2 Å². The number of aromatic nitrogens is 2. The summed E-state index contributed by atoms with van der Waals surface area (Å²) in [6, 6.07) is 13.5. The summed E-state index contributed by atoms with van der Waals surface area (Å²) in [6.45, 7) is 9.12. The van der Waals surface area contributed by atoms with Gasteiger partial charge in [0.25, 0.3) is 5.91 Å². The first kappa shape index (κ1) is 26.7. The number of anilines is 3. The molecular formula is C30H38N6O3. The van der Waals surface area contributed by atoms with Gasteiger partial charge >= 0.3 is 0 Å². The fourth-order valence-corrected chi connectivity index (χ4v) is 5.94. The molecule has 1 amide bonds. The molecule has 5 rings (SSSR count). The van der Waals surface area contributed by atoms with E-state index in [2.05, 4.69) is 20.1 Å². The van der Waals surface area contributed by atoms with E-state index in [-0.39, 0.29) is 30.3 Å². The number of piperidine rings is 1. The van der Waals surface area contributed by atoms with Gasteiger partial charge in [0.15, 0.2) is 11.6 Å². The normalized spacial score (nSPS) is 18.4. The lowest BCUT2D eigenvalue weighted by molar-refractivity contribution is 0.0697. The maximum atomic E-state index is 13.9. The van der Waals surface area contributed by atoms with Gasteiger partial charge in [-0.2, -0.15) is 0 Å². The fraction of sp³-hybridized carbons (Fsp3) is 0.433. The molecular weight excluding hydrogens is 492 g/mol. The first-order chi connectivity index (χ1) is 18.9. The molecule has 39 heavy (non-hydrogen) atoms. The molecule has 0 unspecified atom stereocenters. The number of pyridine rings is 2. The first-order valence-corrected chi connectivity index (χ1v) is 13.7. The third-order valence-corrected chi connectivity index (χ3v) is 8.00. The standard InChI is InChI=1S/C30H38N6O3/c1-20-27(30(39)35-16-17-36(25(18-35)19-37)24-8-5-4-6-9-24)21(2)32-22(3)28(20)33-23-11-14-34(15-12-23)29-26(38)10-7-13-31-29/h4-10,13,23,25,33,37-38H,11-12,14-19H2,1-3H3/t25-/m0/s1. The van der Waals surface area contributed by atoms with Crippen molar-refractivity contribution in [2.75, 3.05) is 54.4 Å². The highest BCUT2D eigenvalue weighted by atomic mass is 16.3. The Labute approximate surface area is 230 Å². The quantitative estimate of drug-likeness (QED) is 0.445. The van der Waals surface area contributed by atoms with Gasteiger partial charge in [-0.25, -0.2) is 4.98 Å². The summed E-state index contributed by atoms with van der Waals surface area (Å²) in [7, 11) is 0. The molecule has 2 aromatic heterocycles. The van der Waals surface area contributed by atoms with Gasteiger partial charge in [-0.15, -0.1) is 0 Å². The Morgan fingerprint density at radius 3 is 2.44 bits per heavy atom. The number of nitrogens with zero attached hydrogens (tertiary/aromatic N) is 5. The van der Waals surface area contributed by atoms with Crippen LogP contribution in [0.2, 0.25) is 0 Å². The molecule has 9 nitrogen and oxygen atoms in total. The number of carbonyl (C=O) groups is 1.